The van der Waals surface area contributed by atoms with Crippen LogP contribution in [0.5, 0.6) is 0 Å². The summed E-state index contributed by atoms with van der Waals surface area (Å²) in [5.41, 5.74) is 2.53. The number of carbonyl (C=O) groups is 6. The van der Waals surface area contributed by atoms with Crippen LogP contribution in [0.15, 0.2) is 48.7 Å². The van der Waals surface area contributed by atoms with Gasteiger partial charge in [0, 0.05) is 45.1 Å². The number of piperazine rings is 1. The molecule has 1 unspecified atom stereocenters. The number of nitrogens with zero attached hydrogens (tertiary/aromatic N) is 6. The minimum atomic E-state index is -1.03. The molecule has 3 aliphatic heterocycles. The first-order chi connectivity index (χ1) is 26.0. The van der Waals surface area contributed by atoms with Gasteiger partial charge in [0.2, 0.25) is 17.7 Å². The van der Waals surface area contributed by atoms with Crippen molar-refractivity contribution < 1.29 is 28.8 Å². The van der Waals surface area contributed by atoms with Crippen molar-refractivity contribution in [3.8, 4) is 0 Å². The number of carbonyl (C=O) groups excluding carboxylic acids is 6. The highest BCUT2D eigenvalue weighted by Crippen LogP contribution is 2.32. The molecule has 2 aromatic carbocycles. The summed E-state index contributed by atoms with van der Waals surface area (Å²) < 4.78 is 0. The van der Waals surface area contributed by atoms with Crippen LogP contribution in [0.4, 0.5) is 22.5 Å². The van der Waals surface area contributed by atoms with Gasteiger partial charge < -0.3 is 20.4 Å². The number of nitrogens with one attached hydrogen (secondary N) is 3. The summed E-state index contributed by atoms with van der Waals surface area (Å²) in [6.45, 7) is 5.77. The van der Waals surface area contributed by atoms with Crippen molar-refractivity contribution in [3.63, 3.8) is 0 Å². The van der Waals surface area contributed by atoms with Crippen LogP contribution in [0.1, 0.15) is 73.0 Å². The molecule has 54 heavy (non-hydrogen) atoms. The molecular weight excluding hydrogens is 734 g/mol. The highest BCUT2D eigenvalue weighted by Gasteiger charge is 2.45. The van der Waals surface area contributed by atoms with Gasteiger partial charge in [-0.2, -0.15) is 0 Å². The summed E-state index contributed by atoms with van der Waals surface area (Å²) in [6.07, 6.45) is 2.75. The Labute approximate surface area is 319 Å². The maximum Gasteiger partial charge on any atom is 0.267 e. The lowest BCUT2D eigenvalue weighted by Crippen LogP contribution is -2.54. The van der Waals surface area contributed by atoms with Gasteiger partial charge in [-0.1, -0.05) is 47.2 Å². The number of para-hydroxylation sites is 1. The Hall–Kier alpha value is -5.74. The number of benzene rings is 2. The lowest BCUT2D eigenvalue weighted by atomic mass is 9.98. The van der Waals surface area contributed by atoms with Crippen molar-refractivity contribution in [3.05, 3.63) is 86.6 Å². The van der Waals surface area contributed by atoms with Crippen molar-refractivity contribution in [1.82, 2.24) is 30.1 Å². The maximum absolute atomic E-state index is 13.4. The molecule has 4 aromatic rings. The number of piperidine rings is 1. The third-order valence-corrected chi connectivity index (χ3v) is 10.8. The monoisotopic (exact) mass is 769 g/mol. The molecule has 3 N–H and O–H groups in total. The average molecular weight is 770 g/mol. The largest absolute Gasteiger partial charge is 0.353 e. The fraction of sp³-hybridized carbons (Fsp3) is 0.324. The minimum absolute atomic E-state index is 0.00988. The summed E-state index contributed by atoms with van der Waals surface area (Å²) >= 11 is 7.45. The Morgan fingerprint density at radius 3 is 2.54 bits per heavy atom. The Bertz CT molecular complexity index is 2180. The highest BCUT2D eigenvalue weighted by molar-refractivity contribution is 7.17. The molecule has 1 atom stereocenters. The van der Waals surface area contributed by atoms with E-state index >= 15 is 0 Å². The smallest absolute Gasteiger partial charge is 0.267 e. The molecule has 15 nitrogen and oxygen atoms in total. The highest BCUT2D eigenvalue weighted by atomic mass is 35.5. The molecular formula is C37H36ClN9O6S. The lowest BCUT2D eigenvalue weighted by Gasteiger charge is -2.35. The predicted octanol–water partition coefficient (Wildman–Crippen LogP) is 4.27. The number of rotatable bonds is 10. The first-order valence-corrected chi connectivity index (χ1v) is 18.7. The van der Waals surface area contributed by atoms with Crippen molar-refractivity contribution >= 4 is 80.8 Å². The van der Waals surface area contributed by atoms with Crippen LogP contribution in [-0.2, 0) is 20.8 Å². The molecule has 2 fully saturated rings. The molecule has 2 aromatic heterocycles. The van der Waals surface area contributed by atoms with Gasteiger partial charge in [-0.3, -0.25) is 39.0 Å². The molecule has 0 aliphatic carbocycles. The molecule has 0 radical (unpaired) electrons. The zero-order valence-corrected chi connectivity index (χ0v) is 31.1. The van der Waals surface area contributed by atoms with Crippen LogP contribution < -0.4 is 20.9 Å². The normalized spacial score (nSPS) is 17.1. The van der Waals surface area contributed by atoms with Gasteiger partial charge in [-0.25, -0.2) is 15.0 Å². The number of anilines is 4. The fourth-order valence-electron chi connectivity index (χ4n) is 6.86. The van der Waals surface area contributed by atoms with Crippen molar-refractivity contribution in [2.45, 2.75) is 52.0 Å². The fourth-order valence-corrected chi connectivity index (χ4v) is 7.84. The van der Waals surface area contributed by atoms with E-state index in [4.69, 9.17) is 11.6 Å². The maximum atomic E-state index is 13.4. The Morgan fingerprint density at radius 2 is 1.78 bits per heavy atom. The SMILES string of the molecule is Cc1nc(Nc2ncc(C(=O)Nc3c(C)cccc3Cl)s2)cc(N2CCN(C(=O)CCCc3cccc4c3C(=O)N(C3CCC(=O)NC3=O)C4=O)CC2)n1. The molecule has 278 valence electrons. The molecule has 0 bridgehead atoms. The van der Waals surface area contributed by atoms with E-state index in [1.165, 1.54) is 17.5 Å². The molecule has 17 heteroatoms. The van der Waals surface area contributed by atoms with Gasteiger partial charge in [0.25, 0.3) is 17.7 Å². The zero-order chi connectivity index (χ0) is 38.1. The third-order valence-electron chi connectivity index (χ3n) is 9.60. The molecule has 7 rings (SSSR count). The van der Waals surface area contributed by atoms with E-state index in [9.17, 15) is 28.8 Å². The number of thiazole rings is 1. The zero-order valence-electron chi connectivity index (χ0n) is 29.5. The Balaban J connectivity index is 0.913. The minimum Gasteiger partial charge on any atom is -0.353 e. The quantitative estimate of drug-likeness (QED) is 0.196. The number of halogens is 1. The Morgan fingerprint density at radius 1 is 1.00 bits per heavy atom. The van der Waals surface area contributed by atoms with Crippen molar-refractivity contribution in [1.29, 1.82) is 0 Å². The van der Waals surface area contributed by atoms with Crippen LogP contribution in [0.25, 0.3) is 0 Å². The van der Waals surface area contributed by atoms with Crippen molar-refractivity contribution in [2.75, 3.05) is 41.7 Å². The number of fused-ring (bicyclic) bond motifs is 1. The number of hydrogen-bond donors (Lipinski definition) is 3. The van der Waals surface area contributed by atoms with E-state index in [0.717, 1.165) is 10.5 Å². The second kappa shape index (κ2) is 15.3. The van der Waals surface area contributed by atoms with Gasteiger partial charge in [-0.15, -0.1) is 0 Å². The van der Waals surface area contributed by atoms with Gasteiger partial charge in [0.15, 0.2) is 5.13 Å². The van der Waals surface area contributed by atoms with Gasteiger partial charge in [0.1, 0.15) is 28.4 Å². The van der Waals surface area contributed by atoms with E-state index in [2.05, 4.69) is 35.8 Å². The van der Waals surface area contributed by atoms with E-state index in [1.54, 1.807) is 31.2 Å². The molecule has 2 saturated heterocycles. The summed E-state index contributed by atoms with van der Waals surface area (Å²) in [4.78, 5) is 95.5. The summed E-state index contributed by atoms with van der Waals surface area (Å²) in [6, 6.07) is 11.2. The van der Waals surface area contributed by atoms with Gasteiger partial charge in [-0.05, 0) is 56.4 Å². The van der Waals surface area contributed by atoms with Gasteiger partial charge in [0.05, 0.1) is 28.0 Å². The van der Waals surface area contributed by atoms with Crippen LogP contribution in [0.3, 0.4) is 0 Å². The van der Waals surface area contributed by atoms with Gasteiger partial charge >= 0.3 is 0 Å². The van der Waals surface area contributed by atoms with Crippen LogP contribution >= 0.6 is 22.9 Å². The Kier molecular flexibility index (Phi) is 10.4. The van der Waals surface area contributed by atoms with Crippen LogP contribution in [0, 0.1) is 13.8 Å². The lowest BCUT2D eigenvalue weighted by molar-refractivity contribution is -0.136. The first-order valence-electron chi connectivity index (χ1n) is 17.5. The number of aromatic nitrogens is 3. The van der Waals surface area contributed by atoms with Crippen LogP contribution in [0.2, 0.25) is 5.02 Å². The molecule has 6 amide bonds. The molecule has 0 saturated carbocycles. The number of hydrogen-bond acceptors (Lipinski definition) is 12. The summed E-state index contributed by atoms with van der Waals surface area (Å²) in [5.74, 6) is -0.753. The van der Waals surface area contributed by atoms with E-state index in [1.807, 2.05) is 30.0 Å². The molecule has 0 spiro atoms. The summed E-state index contributed by atoms with van der Waals surface area (Å²) in [5, 5.41) is 9.18. The molecule has 3 aliphatic rings. The van der Waals surface area contributed by atoms with E-state index in [0.29, 0.717) is 82.8 Å². The topological polar surface area (TPSA) is 187 Å². The van der Waals surface area contributed by atoms with Crippen LogP contribution in [-0.4, -0.2) is 92.4 Å². The number of imide groups is 2. The molecule has 5 heterocycles. The van der Waals surface area contributed by atoms with E-state index < -0.39 is 29.7 Å². The van der Waals surface area contributed by atoms with Crippen molar-refractivity contribution in [2.24, 2.45) is 0 Å². The second-order valence-corrected chi connectivity index (χ2v) is 14.6. The number of amides is 6. The average Bonchev–Trinajstić information content (AvgIpc) is 3.71. The predicted molar refractivity (Wildman–Crippen MR) is 201 cm³/mol. The summed E-state index contributed by atoms with van der Waals surface area (Å²) in [7, 11) is 0. The second-order valence-electron chi connectivity index (χ2n) is 13.2. The third kappa shape index (κ3) is 7.52. The number of aryl methyl sites for hydroxylation is 3. The standard InChI is InChI=1S/C37H36ClN9O6S/c1-20-6-3-10-24(38)32(20)44-34(51)26-19-39-37(54-26)42-27-18-28(41-21(2)40-27)45-14-16-46(17-15-45)30(49)11-5-8-22-7-4-9-23-31(22)36(53)47(35(23)52)25-12-13-29(48)43-33(25)50/h3-4,6-7,9-10,18-19,25H,5,8,11-17H2,1-2H3,(H,44,51)(H,43,48,50)(H,39,40,41,42). The van der Waals surface area contributed by atoms with E-state index in [-0.39, 0.29) is 42.2 Å². The first kappa shape index (κ1) is 36.6.